The van der Waals surface area contributed by atoms with E-state index >= 15 is 0 Å². The number of nitrogens with zero attached hydrogens (tertiary/aromatic N) is 1. The Labute approximate surface area is 180 Å². The predicted octanol–water partition coefficient (Wildman–Crippen LogP) is 5.58. The van der Waals surface area contributed by atoms with Crippen molar-refractivity contribution in [3.05, 3.63) is 58.1 Å². The standard InChI is InChI=1S/C21H20BrF3N2O3/c1-20(2,3)30-19(29)26-16-11-14-15(22)5-4-6-17(14)27(18(16)28)13-9-7-12(8-10-13)21(23,24)25/h4-10,16H,11H2,1-3H3,(H,26,29). The molecule has 3 rings (SSSR count). The highest BCUT2D eigenvalue weighted by Crippen LogP contribution is 2.39. The van der Waals surface area contributed by atoms with Gasteiger partial charge < -0.3 is 10.1 Å². The van der Waals surface area contributed by atoms with Gasteiger partial charge in [-0.15, -0.1) is 0 Å². The first-order chi connectivity index (χ1) is 13.9. The van der Waals surface area contributed by atoms with Crippen LogP contribution < -0.4 is 10.2 Å². The van der Waals surface area contributed by atoms with Crippen LogP contribution in [0.4, 0.5) is 29.3 Å². The summed E-state index contributed by atoms with van der Waals surface area (Å²) in [5.41, 5.74) is -0.000924. The minimum Gasteiger partial charge on any atom is -0.444 e. The van der Waals surface area contributed by atoms with Gasteiger partial charge in [-0.1, -0.05) is 22.0 Å². The number of halogens is 4. The summed E-state index contributed by atoms with van der Waals surface area (Å²) in [6.07, 6.45) is -5.01. The van der Waals surface area contributed by atoms with E-state index in [1.165, 1.54) is 17.0 Å². The smallest absolute Gasteiger partial charge is 0.416 e. The van der Waals surface area contributed by atoms with E-state index in [9.17, 15) is 22.8 Å². The van der Waals surface area contributed by atoms with Crippen molar-refractivity contribution in [3.63, 3.8) is 0 Å². The first kappa shape index (κ1) is 22.1. The molecule has 0 radical (unpaired) electrons. The Hall–Kier alpha value is -2.55. The van der Waals surface area contributed by atoms with Gasteiger partial charge in [0, 0.05) is 16.6 Å². The lowest BCUT2D eigenvalue weighted by atomic mass is 9.96. The molecule has 1 atom stereocenters. The first-order valence-corrected chi connectivity index (χ1v) is 9.94. The molecule has 0 aliphatic carbocycles. The van der Waals surface area contributed by atoms with E-state index in [4.69, 9.17) is 4.74 Å². The van der Waals surface area contributed by atoms with Crippen molar-refractivity contribution in [2.45, 2.75) is 45.0 Å². The Morgan fingerprint density at radius 1 is 1.13 bits per heavy atom. The van der Waals surface area contributed by atoms with Gasteiger partial charge >= 0.3 is 12.3 Å². The van der Waals surface area contributed by atoms with Crippen LogP contribution in [0.5, 0.6) is 0 Å². The molecule has 9 heteroatoms. The third-order valence-electron chi connectivity index (χ3n) is 4.41. The molecule has 30 heavy (non-hydrogen) atoms. The van der Waals surface area contributed by atoms with Gasteiger partial charge in [-0.3, -0.25) is 9.69 Å². The van der Waals surface area contributed by atoms with E-state index in [0.29, 0.717) is 5.69 Å². The van der Waals surface area contributed by atoms with Gasteiger partial charge in [-0.2, -0.15) is 13.2 Å². The molecule has 0 saturated carbocycles. The molecule has 1 aliphatic heterocycles. The number of ether oxygens (including phenoxy) is 1. The fraction of sp³-hybridized carbons (Fsp3) is 0.333. The highest BCUT2D eigenvalue weighted by molar-refractivity contribution is 9.10. The Bertz CT molecular complexity index is 969. The quantitative estimate of drug-likeness (QED) is 0.604. The van der Waals surface area contributed by atoms with Gasteiger partial charge in [0.1, 0.15) is 11.6 Å². The Kier molecular flexibility index (Phi) is 5.86. The Morgan fingerprint density at radius 2 is 1.77 bits per heavy atom. The highest BCUT2D eigenvalue weighted by Gasteiger charge is 2.37. The first-order valence-electron chi connectivity index (χ1n) is 9.15. The van der Waals surface area contributed by atoms with Gasteiger partial charge in [0.05, 0.1) is 11.3 Å². The third kappa shape index (κ3) is 4.77. The number of carbonyl (C=O) groups is 2. The molecular formula is C21H20BrF3N2O3. The number of carbonyl (C=O) groups excluding carboxylic acids is 2. The van der Waals surface area contributed by atoms with Gasteiger partial charge in [-0.25, -0.2) is 4.79 Å². The van der Waals surface area contributed by atoms with Gasteiger partial charge in [-0.05, 0) is 62.7 Å². The largest absolute Gasteiger partial charge is 0.444 e. The van der Waals surface area contributed by atoms with Crippen LogP contribution in [0.25, 0.3) is 0 Å². The van der Waals surface area contributed by atoms with Crippen LogP contribution in [0.1, 0.15) is 31.9 Å². The number of anilines is 2. The summed E-state index contributed by atoms with van der Waals surface area (Å²) in [6.45, 7) is 5.11. The van der Waals surface area contributed by atoms with Crippen LogP contribution in [-0.2, 0) is 22.1 Å². The summed E-state index contributed by atoms with van der Waals surface area (Å²) in [5, 5.41) is 2.58. The number of hydrogen-bond donors (Lipinski definition) is 1. The molecule has 0 bridgehead atoms. The van der Waals surface area contributed by atoms with Crippen molar-refractivity contribution in [1.29, 1.82) is 0 Å². The van der Waals surface area contributed by atoms with Crippen molar-refractivity contribution in [2.75, 3.05) is 4.90 Å². The summed E-state index contributed by atoms with van der Waals surface area (Å²) in [5.74, 6) is -0.466. The molecule has 160 valence electrons. The van der Waals surface area contributed by atoms with E-state index in [1.807, 2.05) is 0 Å². The molecule has 1 unspecified atom stereocenters. The van der Waals surface area contributed by atoms with Crippen LogP contribution in [0.15, 0.2) is 46.9 Å². The number of alkyl carbamates (subject to hydrolysis) is 1. The second-order valence-corrected chi connectivity index (χ2v) is 8.71. The Balaban J connectivity index is 1.98. The number of fused-ring (bicyclic) bond motifs is 1. The number of nitrogens with one attached hydrogen (secondary N) is 1. The SMILES string of the molecule is CC(C)(C)OC(=O)NC1Cc2c(Br)cccc2N(c2ccc(C(F)(F)F)cc2)C1=O. The molecular weight excluding hydrogens is 465 g/mol. The maximum atomic E-state index is 13.2. The normalized spacial score (nSPS) is 16.8. The van der Waals surface area contributed by atoms with E-state index < -0.39 is 35.4 Å². The number of rotatable bonds is 2. The van der Waals surface area contributed by atoms with Crippen molar-refractivity contribution in [1.82, 2.24) is 5.32 Å². The lowest BCUT2D eigenvalue weighted by Gasteiger charge is -2.35. The fourth-order valence-corrected chi connectivity index (χ4v) is 3.67. The van der Waals surface area contributed by atoms with Crippen LogP contribution in [0, 0.1) is 0 Å². The summed E-state index contributed by atoms with van der Waals surface area (Å²) < 4.78 is 44.7. The molecule has 2 aromatic rings. The van der Waals surface area contributed by atoms with Crippen LogP contribution >= 0.6 is 15.9 Å². The zero-order valence-electron chi connectivity index (χ0n) is 16.5. The maximum Gasteiger partial charge on any atom is 0.416 e. The zero-order chi connectivity index (χ0) is 22.3. The number of benzene rings is 2. The summed E-state index contributed by atoms with van der Waals surface area (Å²) >= 11 is 3.45. The monoisotopic (exact) mass is 484 g/mol. The van der Waals surface area contributed by atoms with Crippen molar-refractivity contribution in [2.24, 2.45) is 0 Å². The number of alkyl halides is 3. The average Bonchev–Trinajstić information content (AvgIpc) is 2.61. The van der Waals surface area contributed by atoms with Gasteiger partial charge in [0.25, 0.3) is 5.91 Å². The van der Waals surface area contributed by atoms with Crippen LogP contribution in [0.3, 0.4) is 0 Å². The molecule has 2 amide bonds. The summed E-state index contributed by atoms with van der Waals surface area (Å²) in [7, 11) is 0. The minimum absolute atomic E-state index is 0.214. The highest BCUT2D eigenvalue weighted by atomic mass is 79.9. The van der Waals surface area contributed by atoms with Crippen molar-refractivity contribution < 1.29 is 27.5 Å². The van der Waals surface area contributed by atoms with E-state index in [1.54, 1.807) is 39.0 Å². The van der Waals surface area contributed by atoms with Crippen molar-refractivity contribution >= 4 is 39.3 Å². The summed E-state index contributed by atoms with van der Waals surface area (Å²) in [4.78, 5) is 26.7. The number of amides is 2. The minimum atomic E-state index is -4.48. The molecule has 5 nitrogen and oxygen atoms in total. The van der Waals surface area contributed by atoms with Crippen molar-refractivity contribution in [3.8, 4) is 0 Å². The second kappa shape index (κ2) is 7.94. The van der Waals surface area contributed by atoms with E-state index in [2.05, 4.69) is 21.2 Å². The molecule has 1 aliphatic rings. The third-order valence-corrected chi connectivity index (χ3v) is 5.15. The molecule has 0 aromatic heterocycles. The topological polar surface area (TPSA) is 58.6 Å². The fourth-order valence-electron chi connectivity index (χ4n) is 3.15. The second-order valence-electron chi connectivity index (χ2n) is 7.86. The molecule has 2 aromatic carbocycles. The molecule has 1 N–H and O–H groups in total. The molecule has 1 heterocycles. The molecule has 0 spiro atoms. The van der Waals surface area contributed by atoms with Crippen LogP contribution in [0.2, 0.25) is 0 Å². The lowest BCUT2D eigenvalue weighted by Crippen LogP contribution is -2.52. The van der Waals surface area contributed by atoms with E-state index in [0.717, 1.165) is 22.2 Å². The van der Waals surface area contributed by atoms with Gasteiger partial charge in [0.15, 0.2) is 0 Å². The summed E-state index contributed by atoms with van der Waals surface area (Å²) in [6, 6.07) is 8.62. The number of hydrogen-bond acceptors (Lipinski definition) is 3. The Morgan fingerprint density at radius 3 is 2.33 bits per heavy atom. The molecule has 0 fully saturated rings. The zero-order valence-corrected chi connectivity index (χ0v) is 18.1. The lowest BCUT2D eigenvalue weighted by molar-refractivity contribution is -0.137. The average molecular weight is 485 g/mol. The van der Waals surface area contributed by atoms with Gasteiger partial charge in [0.2, 0.25) is 0 Å². The van der Waals surface area contributed by atoms with E-state index in [-0.39, 0.29) is 12.1 Å². The van der Waals surface area contributed by atoms with Crippen LogP contribution in [-0.4, -0.2) is 23.6 Å². The predicted molar refractivity (Wildman–Crippen MR) is 110 cm³/mol. The maximum absolute atomic E-state index is 13.2. The molecule has 0 saturated heterocycles.